The van der Waals surface area contributed by atoms with E-state index in [1.807, 2.05) is 0 Å². The third-order valence-corrected chi connectivity index (χ3v) is 2.51. The molecular formula is C11H22N2O3. The molecule has 0 aromatic rings. The Bertz CT molecular complexity index is 203. The Hall–Kier alpha value is -0.650. The Labute approximate surface area is 96.6 Å². The van der Waals surface area contributed by atoms with Crippen molar-refractivity contribution < 1.29 is 14.6 Å². The highest BCUT2D eigenvalue weighted by Gasteiger charge is 2.20. The van der Waals surface area contributed by atoms with Gasteiger partial charge in [0.15, 0.2) is 0 Å². The molecule has 1 amide bonds. The van der Waals surface area contributed by atoms with Crippen LogP contribution in [0.5, 0.6) is 0 Å². The van der Waals surface area contributed by atoms with Gasteiger partial charge in [-0.15, -0.1) is 0 Å². The molecule has 0 spiro atoms. The molecule has 1 saturated heterocycles. The van der Waals surface area contributed by atoms with Crippen LogP contribution in [-0.4, -0.2) is 49.5 Å². The number of amides is 1. The van der Waals surface area contributed by atoms with Crippen molar-refractivity contribution in [2.24, 2.45) is 0 Å². The second-order valence-electron chi connectivity index (χ2n) is 4.20. The Kier molecular flexibility index (Phi) is 6.37. The normalized spacial score (nSPS) is 22.8. The van der Waals surface area contributed by atoms with Crippen LogP contribution in [0.4, 0.5) is 0 Å². The van der Waals surface area contributed by atoms with Crippen molar-refractivity contribution in [2.45, 2.75) is 38.4 Å². The molecule has 0 aliphatic carbocycles. The first-order chi connectivity index (χ1) is 7.70. The summed E-state index contributed by atoms with van der Waals surface area (Å²) in [5.41, 5.74) is 0. The number of ether oxygens (including phenoxy) is 1. The lowest BCUT2D eigenvalue weighted by molar-refractivity contribution is -0.135. The first kappa shape index (κ1) is 13.4. The zero-order valence-corrected chi connectivity index (χ0v) is 9.87. The van der Waals surface area contributed by atoms with Gasteiger partial charge >= 0.3 is 0 Å². The highest BCUT2D eigenvalue weighted by Crippen LogP contribution is 2.12. The lowest BCUT2D eigenvalue weighted by Gasteiger charge is -2.21. The van der Waals surface area contributed by atoms with E-state index < -0.39 is 0 Å². The summed E-state index contributed by atoms with van der Waals surface area (Å²) in [4.78, 5) is 11.6. The quantitative estimate of drug-likeness (QED) is 0.545. The highest BCUT2D eigenvalue weighted by molar-refractivity contribution is 5.80. The average Bonchev–Trinajstić information content (AvgIpc) is 2.29. The molecule has 2 atom stereocenters. The Morgan fingerprint density at radius 1 is 1.50 bits per heavy atom. The van der Waals surface area contributed by atoms with Crippen LogP contribution < -0.4 is 10.6 Å². The van der Waals surface area contributed by atoms with Crippen molar-refractivity contribution in [3.05, 3.63) is 0 Å². The summed E-state index contributed by atoms with van der Waals surface area (Å²) in [5, 5.41) is 14.9. The molecule has 0 bridgehead atoms. The van der Waals surface area contributed by atoms with E-state index in [-0.39, 0.29) is 18.1 Å². The first-order valence-corrected chi connectivity index (χ1v) is 5.98. The number of aliphatic hydroxyl groups is 1. The summed E-state index contributed by atoms with van der Waals surface area (Å²) in [7, 11) is 0. The number of carbonyl (C=O) groups is 1. The summed E-state index contributed by atoms with van der Waals surface area (Å²) in [5.74, 6) is -0.0152. The van der Waals surface area contributed by atoms with Gasteiger partial charge in [-0.3, -0.25) is 4.79 Å². The third kappa shape index (κ3) is 5.44. The van der Waals surface area contributed by atoms with Gasteiger partial charge in [0, 0.05) is 26.2 Å². The van der Waals surface area contributed by atoms with Crippen LogP contribution in [-0.2, 0) is 9.53 Å². The Balaban J connectivity index is 2.01. The molecule has 1 rings (SSSR count). The van der Waals surface area contributed by atoms with Gasteiger partial charge in [-0.25, -0.2) is 0 Å². The monoisotopic (exact) mass is 230 g/mol. The summed E-state index contributed by atoms with van der Waals surface area (Å²) in [6.07, 6.45) is 2.34. The van der Waals surface area contributed by atoms with Crippen molar-refractivity contribution in [1.29, 1.82) is 0 Å². The van der Waals surface area contributed by atoms with Crippen LogP contribution in [0.1, 0.15) is 26.2 Å². The number of hydrogen-bond donors (Lipinski definition) is 3. The van der Waals surface area contributed by atoms with E-state index in [2.05, 4.69) is 10.6 Å². The van der Waals surface area contributed by atoms with Gasteiger partial charge in [0.2, 0.25) is 5.91 Å². The van der Waals surface area contributed by atoms with Crippen LogP contribution in [0.15, 0.2) is 0 Å². The van der Waals surface area contributed by atoms with Crippen molar-refractivity contribution in [1.82, 2.24) is 10.6 Å². The van der Waals surface area contributed by atoms with Crippen molar-refractivity contribution in [3.63, 3.8) is 0 Å². The fourth-order valence-corrected chi connectivity index (χ4v) is 1.65. The molecule has 0 aromatic heterocycles. The maximum atomic E-state index is 11.6. The lowest BCUT2D eigenvalue weighted by Crippen LogP contribution is -2.41. The van der Waals surface area contributed by atoms with Crippen molar-refractivity contribution in [2.75, 3.05) is 26.2 Å². The lowest BCUT2D eigenvalue weighted by atomic mass is 10.1. The average molecular weight is 230 g/mol. The van der Waals surface area contributed by atoms with Gasteiger partial charge in [0.05, 0.1) is 6.10 Å². The zero-order valence-electron chi connectivity index (χ0n) is 9.87. The van der Waals surface area contributed by atoms with Gasteiger partial charge < -0.3 is 20.5 Å². The minimum atomic E-state index is -0.350. The second-order valence-corrected chi connectivity index (χ2v) is 4.20. The molecule has 1 aliphatic heterocycles. The van der Waals surface area contributed by atoms with Crippen molar-refractivity contribution >= 4 is 5.91 Å². The highest BCUT2D eigenvalue weighted by atomic mass is 16.5. The predicted octanol–water partition coefficient (Wildman–Crippen LogP) is -0.358. The van der Waals surface area contributed by atoms with E-state index in [4.69, 9.17) is 9.84 Å². The molecule has 1 aliphatic rings. The number of rotatable bonds is 6. The molecule has 3 N–H and O–H groups in total. The maximum absolute atomic E-state index is 11.6. The molecule has 2 unspecified atom stereocenters. The molecular weight excluding hydrogens is 208 g/mol. The number of carbonyl (C=O) groups excluding carboxylic acids is 1. The minimum absolute atomic E-state index is 0.0152. The molecule has 5 nitrogen and oxygen atoms in total. The van der Waals surface area contributed by atoms with Gasteiger partial charge in [-0.05, 0) is 26.2 Å². The summed E-state index contributed by atoms with van der Waals surface area (Å²) in [6.45, 7) is 4.21. The van der Waals surface area contributed by atoms with E-state index in [0.717, 1.165) is 19.3 Å². The van der Waals surface area contributed by atoms with Gasteiger partial charge in [0.1, 0.15) is 6.10 Å². The second kappa shape index (κ2) is 7.60. The molecule has 0 radical (unpaired) electrons. The number of hydrogen-bond acceptors (Lipinski definition) is 4. The van der Waals surface area contributed by atoms with E-state index in [1.54, 1.807) is 6.92 Å². The Morgan fingerprint density at radius 3 is 2.94 bits per heavy atom. The summed E-state index contributed by atoms with van der Waals surface area (Å²) >= 11 is 0. The topological polar surface area (TPSA) is 70.6 Å². The smallest absolute Gasteiger partial charge is 0.249 e. The van der Waals surface area contributed by atoms with Crippen LogP contribution in [0, 0.1) is 0 Å². The molecule has 0 saturated carbocycles. The Morgan fingerprint density at radius 2 is 2.31 bits per heavy atom. The maximum Gasteiger partial charge on any atom is 0.249 e. The van der Waals surface area contributed by atoms with Gasteiger partial charge in [0.25, 0.3) is 0 Å². The molecule has 0 aromatic carbocycles. The minimum Gasteiger partial charge on any atom is -0.392 e. The van der Waals surface area contributed by atoms with E-state index >= 15 is 0 Å². The van der Waals surface area contributed by atoms with Crippen LogP contribution >= 0.6 is 0 Å². The number of aliphatic hydroxyl groups excluding tert-OH is 1. The molecule has 1 heterocycles. The SMILES string of the molecule is CC(O)CNCCNC(=O)C1CCCCO1. The van der Waals surface area contributed by atoms with E-state index in [0.29, 0.717) is 26.2 Å². The molecule has 5 heteroatoms. The van der Waals surface area contributed by atoms with Crippen LogP contribution in [0.3, 0.4) is 0 Å². The zero-order chi connectivity index (χ0) is 11.8. The first-order valence-electron chi connectivity index (χ1n) is 5.98. The summed E-state index contributed by atoms with van der Waals surface area (Å²) in [6, 6.07) is 0. The third-order valence-electron chi connectivity index (χ3n) is 2.51. The predicted molar refractivity (Wildman–Crippen MR) is 61.2 cm³/mol. The summed E-state index contributed by atoms with van der Waals surface area (Å²) < 4.78 is 5.36. The van der Waals surface area contributed by atoms with E-state index in [9.17, 15) is 4.79 Å². The fourth-order valence-electron chi connectivity index (χ4n) is 1.65. The van der Waals surface area contributed by atoms with E-state index in [1.165, 1.54) is 0 Å². The largest absolute Gasteiger partial charge is 0.392 e. The van der Waals surface area contributed by atoms with Crippen molar-refractivity contribution in [3.8, 4) is 0 Å². The molecule has 1 fully saturated rings. The number of nitrogens with one attached hydrogen (secondary N) is 2. The molecule has 16 heavy (non-hydrogen) atoms. The standard InChI is InChI=1S/C11H22N2O3/c1-9(14)8-12-5-6-13-11(15)10-4-2-3-7-16-10/h9-10,12,14H,2-8H2,1H3,(H,13,15). The fraction of sp³-hybridized carbons (Fsp3) is 0.909. The van der Waals surface area contributed by atoms with Crippen LogP contribution in [0.2, 0.25) is 0 Å². The van der Waals surface area contributed by atoms with Gasteiger partial charge in [-0.1, -0.05) is 0 Å². The van der Waals surface area contributed by atoms with Crippen LogP contribution in [0.25, 0.3) is 0 Å². The molecule has 94 valence electrons. The van der Waals surface area contributed by atoms with Gasteiger partial charge in [-0.2, -0.15) is 0 Å².